The highest BCUT2D eigenvalue weighted by Crippen LogP contribution is 2.36. The van der Waals surface area contributed by atoms with Crippen LogP contribution in [0.15, 0.2) is 29.2 Å². The molecular weight excluding hydrogens is 254 g/mol. The maximum Gasteiger partial charge on any atom is 0.142 e. The summed E-state index contributed by atoms with van der Waals surface area (Å²) in [6, 6.07) is 10.5. The number of nitrogens with zero attached hydrogens (tertiary/aromatic N) is 3. The van der Waals surface area contributed by atoms with E-state index in [4.69, 9.17) is 0 Å². The van der Waals surface area contributed by atoms with Gasteiger partial charge in [-0.2, -0.15) is 5.26 Å². The van der Waals surface area contributed by atoms with Gasteiger partial charge in [0.25, 0.3) is 0 Å². The highest BCUT2D eigenvalue weighted by atomic mass is 32.2. The van der Waals surface area contributed by atoms with Gasteiger partial charge in [-0.3, -0.25) is 0 Å². The molecule has 4 heteroatoms. The minimum Gasteiger partial charge on any atom is -0.328 e. The van der Waals surface area contributed by atoms with Crippen LogP contribution in [-0.2, 0) is 7.05 Å². The molecule has 94 valence electrons. The molecule has 0 atom stereocenters. The molecule has 19 heavy (non-hydrogen) atoms. The third-order valence-corrected chi connectivity index (χ3v) is 4.30. The van der Waals surface area contributed by atoms with E-state index in [2.05, 4.69) is 27.8 Å². The van der Waals surface area contributed by atoms with Crippen molar-refractivity contribution in [1.29, 1.82) is 5.26 Å². The van der Waals surface area contributed by atoms with Crippen molar-refractivity contribution >= 4 is 33.7 Å². The Balaban J connectivity index is 2.66. The van der Waals surface area contributed by atoms with E-state index < -0.39 is 0 Å². The Morgan fingerprint density at radius 2 is 2.05 bits per heavy atom. The molecule has 0 aliphatic heterocycles. The minimum atomic E-state index is 0.691. The lowest BCUT2D eigenvalue weighted by Gasteiger charge is -2.06. The first-order chi connectivity index (χ1) is 9.19. The monoisotopic (exact) mass is 267 g/mol. The number of benzene rings is 1. The average Bonchev–Trinajstić information content (AvgIpc) is 2.71. The van der Waals surface area contributed by atoms with E-state index >= 15 is 0 Å². The molecule has 0 saturated carbocycles. The molecule has 0 aliphatic carbocycles. The van der Waals surface area contributed by atoms with Crippen LogP contribution in [0.4, 0.5) is 0 Å². The van der Waals surface area contributed by atoms with E-state index in [1.165, 1.54) is 0 Å². The predicted octanol–water partition coefficient (Wildman–Crippen LogP) is 3.63. The van der Waals surface area contributed by atoms with Gasteiger partial charge < -0.3 is 4.57 Å². The molecule has 0 aliphatic rings. The third-order valence-electron chi connectivity index (χ3n) is 3.48. The number of fused-ring (bicyclic) bond motifs is 3. The van der Waals surface area contributed by atoms with Gasteiger partial charge in [0.1, 0.15) is 11.7 Å². The van der Waals surface area contributed by atoms with E-state index in [9.17, 15) is 5.26 Å². The number of thioether (sulfide) groups is 1. The largest absolute Gasteiger partial charge is 0.328 e. The van der Waals surface area contributed by atoms with Crippen LogP contribution >= 0.6 is 11.8 Å². The molecule has 2 aromatic heterocycles. The molecule has 0 saturated heterocycles. The summed E-state index contributed by atoms with van der Waals surface area (Å²) in [6.07, 6.45) is 2.01. The first-order valence-electron chi connectivity index (χ1n) is 6.00. The van der Waals surface area contributed by atoms with E-state index in [0.717, 1.165) is 32.5 Å². The van der Waals surface area contributed by atoms with Crippen LogP contribution < -0.4 is 0 Å². The Morgan fingerprint density at radius 1 is 1.32 bits per heavy atom. The van der Waals surface area contributed by atoms with E-state index in [1.807, 2.05) is 32.4 Å². The summed E-state index contributed by atoms with van der Waals surface area (Å²) in [5.41, 5.74) is 3.58. The van der Waals surface area contributed by atoms with Crippen molar-refractivity contribution in [3.05, 3.63) is 35.5 Å². The van der Waals surface area contributed by atoms with E-state index in [0.29, 0.717) is 5.56 Å². The summed E-state index contributed by atoms with van der Waals surface area (Å²) in [7, 11) is 2.02. The number of pyridine rings is 1. The van der Waals surface area contributed by atoms with Gasteiger partial charge in [0.15, 0.2) is 0 Å². The Morgan fingerprint density at radius 3 is 2.74 bits per heavy atom. The number of hydrogen-bond acceptors (Lipinski definition) is 3. The molecule has 0 bridgehead atoms. The number of rotatable bonds is 1. The van der Waals surface area contributed by atoms with Gasteiger partial charge in [-0.1, -0.05) is 18.2 Å². The van der Waals surface area contributed by atoms with Crippen molar-refractivity contribution in [2.45, 2.75) is 11.8 Å². The number of aromatic nitrogens is 2. The fourth-order valence-corrected chi connectivity index (χ4v) is 3.38. The number of nitriles is 1. The number of hydrogen-bond donors (Lipinski definition) is 0. The fraction of sp³-hybridized carbons (Fsp3) is 0.200. The van der Waals surface area contributed by atoms with Crippen molar-refractivity contribution in [3.8, 4) is 6.07 Å². The van der Waals surface area contributed by atoms with Crippen molar-refractivity contribution in [2.75, 3.05) is 6.26 Å². The molecular formula is C15H13N3S. The zero-order chi connectivity index (χ0) is 13.6. The molecule has 0 unspecified atom stereocenters. The Bertz CT molecular complexity index is 840. The van der Waals surface area contributed by atoms with Crippen molar-refractivity contribution in [3.63, 3.8) is 0 Å². The molecule has 2 heterocycles. The lowest BCUT2D eigenvalue weighted by Crippen LogP contribution is -1.96. The number of aryl methyl sites for hydroxylation is 2. The highest BCUT2D eigenvalue weighted by molar-refractivity contribution is 7.98. The summed E-state index contributed by atoms with van der Waals surface area (Å²) in [4.78, 5) is 5.65. The minimum absolute atomic E-state index is 0.691. The van der Waals surface area contributed by atoms with Gasteiger partial charge in [0, 0.05) is 22.7 Å². The lowest BCUT2D eigenvalue weighted by molar-refractivity contribution is 0.977. The zero-order valence-corrected chi connectivity index (χ0v) is 11.9. The second kappa shape index (κ2) is 4.29. The quantitative estimate of drug-likeness (QED) is 0.632. The molecule has 0 amide bonds. The lowest BCUT2D eigenvalue weighted by atomic mass is 10.1. The van der Waals surface area contributed by atoms with Crippen LogP contribution in [0.1, 0.15) is 11.3 Å². The van der Waals surface area contributed by atoms with Crippen LogP contribution in [0, 0.1) is 18.3 Å². The second-order valence-corrected chi connectivity index (χ2v) is 5.31. The standard InChI is InChI=1S/C15H13N3S/c1-9-11(8-16)14(19-3)13-10-6-4-5-7-12(10)18(2)15(13)17-9/h4-7H,1-3H3. The molecule has 0 radical (unpaired) electrons. The third kappa shape index (κ3) is 1.55. The Hall–Kier alpha value is -1.99. The van der Waals surface area contributed by atoms with Gasteiger partial charge in [-0.15, -0.1) is 11.8 Å². The predicted molar refractivity (Wildman–Crippen MR) is 79.5 cm³/mol. The molecule has 0 spiro atoms. The Labute approximate surface area is 115 Å². The average molecular weight is 267 g/mol. The van der Waals surface area contributed by atoms with Gasteiger partial charge in [0.05, 0.1) is 16.8 Å². The summed E-state index contributed by atoms with van der Waals surface area (Å²) in [5.74, 6) is 0. The van der Waals surface area contributed by atoms with E-state index in [-0.39, 0.29) is 0 Å². The number of para-hydroxylation sites is 1. The van der Waals surface area contributed by atoms with Crippen LogP contribution in [0.5, 0.6) is 0 Å². The van der Waals surface area contributed by atoms with Gasteiger partial charge in [-0.25, -0.2) is 4.98 Å². The summed E-state index contributed by atoms with van der Waals surface area (Å²) in [6.45, 7) is 1.90. The molecule has 3 nitrogen and oxygen atoms in total. The van der Waals surface area contributed by atoms with Crippen LogP contribution in [-0.4, -0.2) is 15.8 Å². The van der Waals surface area contributed by atoms with Crippen LogP contribution in [0.2, 0.25) is 0 Å². The summed E-state index contributed by atoms with van der Waals surface area (Å²) < 4.78 is 2.10. The smallest absolute Gasteiger partial charge is 0.142 e. The summed E-state index contributed by atoms with van der Waals surface area (Å²) >= 11 is 1.62. The molecule has 1 aromatic carbocycles. The van der Waals surface area contributed by atoms with Crippen molar-refractivity contribution < 1.29 is 0 Å². The van der Waals surface area contributed by atoms with Gasteiger partial charge in [0.2, 0.25) is 0 Å². The molecule has 3 aromatic rings. The first-order valence-corrected chi connectivity index (χ1v) is 7.23. The van der Waals surface area contributed by atoms with Gasteiger partial charge in [-0.05, 0) is 19.2 Å². The SMILES string of the molecule is CSc1c(C#N)c(C)nc2c1c1ccccc1n2C. The molecule has 0 N–H and O–H groups in total. The van der Waals surface area contributed by atoms with E-state index in [1.54, 1.807) is 11.8 Å². The summed E-state index contributed by atoms with van der Waals surface area (Å²) in [5, 5.41) is 11.6. The van der Waals surface area contributed by atoms with Crippen molar-refractivity contribution in [2.24, 2.45) is 7.05 Å². The Kier molecular flexibility index (Phi) is 2.72. The molecule has 3 rings (SSSR count). The van der Waals surface area contributed by atoms with Crippen LogP contribution in [0.3, 0.4) is 0 Å². The highest BCUT2D eigenvalue weighted by Gasteiger charge is 2.17. The first kappa shape index (κ1) is 12.1. The van der Waals surface area contributed by atoms with Crippen LogP contribution in [0.25, 0.3) is 21.9 Å². The fourth-order valence-electron chi connectivity index (χ4n) is 2.57. The normalized spacial score (nSPS) is 11.1. The maximum atomic E-state index is 9.36. The van der Waals surface area contributed by atoms with Gasteiger partial charge >= 0.3 is 0 Å². The second-order valence-electron chi connectivity index (χ2n) is 4.49. The van der Waals surface area contributed by atoms with Crippen molar-refractivity contribution in [1.82, 2.24) is 9.55 Å². The molecule has 0 fully saturated rings. The zero-order valence-electron chi connectivity index (χ0n) is 11.1. The maximum absolute atomic E-state index is 9.36. The topological polar surface area (TPSA) is 41.6 Å².